The second kappa shape index (κ2) is 3.41. The Morgan fingerprint density at radius 3 is 1.75 bits per heavy atom. The molecule has 0 aliphatic rings. The van der Waals surface area contributed by atoms with Crippen molar-refractivity contribution in [1.82, 2.24) is 0 Å². The van der Waals surface area contributed by atoms with Crippen LogP contribution in [0.1, 0.15) is 27.7 Å². The lowest BCUT2D eigenvalue weighted by molar-refractivity contribution is -0.244. The molecule has 0 heterocycles. The van der Waals surface area contributed by atoms with Gasteiger partial charge in [0.1, 0.15) is 0 Å². The third-order valence-electron chi connectivity index (χ3n) is 1.34. The van der Waals surface area contributed by atoms with Crippen LogP contribution >= 0.6 is 0 Å². The summed E-state index contributed by atoms with van der Waals surface area (Å²) >= 11 is 0. The highest BCUT2D eigenvalue weighted by atomic mass is 16.7. The Labute approximate surface area is 73.0 Å². The molecule has 0 saturated heterocycles. The molecular formula is C8H17NO3. The predicted molar refractivity (Wildman–Crippen MR) is 45.4 cm³/mol. The number of carbonyl (C=O) groups excluding carboxylic acids is 1. The topological polar surface area (TPSA) is 61.6 Å². The van der Waals surface area contributed by atoms with Crippen molar-refractivity contribution in [3.8, 4) is 0 Å². The molecule has 2 N–H and O–H groups in total. The van der Waals surface area contributed by atoms with E-state index in [4.69, 9.17) is 15.2 Å². The lowest BCUT2D eigenvalue weighted by atomic mass is 10.1. The molecule has 0 aliphatic heterocycles. The Bertz CT molecular complexity index is 174. The second-order valence-corrected chi connectivity index (χ2v) is 3.73. The first-order valence-electron chi connectivity index (χ1n) is 3.76. The smallest absolute Gasteiger partial charge is 0.277 e. The summed E-state index contributed by atoms with van der Waals surface area (Å²) in [7, 11) is 1.39. The van der Waals surface area contributed by atoms with Gasteiger partial charge in [-0.15, -0.1) is 0 Å². The summed E-state index contributed by atoms with van der Waals surface area (Å²) in [5, 5.41) is 0. The van der Waals surface area contributed by atoms with Crippen molar-refractivity contribution in [2.45, 2.75) is 39.1 Å². The minimum absolute atomic E-state index is 0.459. The number of hydrogen-bond acceptors (Lipinski definition) is 3. The van der Waals surface area contributed by atoms with E-state index in [1.165, 1.54) is 14.0 Å². The first kappa shape index (κ1) is 11.4. The van der Waals surface area contributed by atoms with Gasteiger partial charge in [0.15, 0.2) is 0 Å². The van der Waals surface area contributed by atoms with Gasteiger partial charge in [0.05, 0.1) is 5.60 Å². The van der Waals surface area contributed by atoms with Gasteiger partial charge in [-0.1, -0.05) is 0 Å². The van der Waals surface area contributed by atoms with E-state index in [9.17, 15) is 4.79 Å². The van der Waals surface area contributed by atoms with Gasteiger partial charge in [0.25, 0.3) is 5.91 Å². The van der Waals surface area contributed by atoms with Crippen LogP contribution in [0.3, 0.4) is 0 Å². The van der Waals surface area contributed by atoms with E-state index in [1.54, 1.807) is 0 Å². The molecule has 0 saturated carbocycles. The van der Waals surface area contributed by atoms with Gasteiger partial charge in [-0.25, -0.2) is 0 Å². The molecule has 0 aliphatic carbocycles. The number of amides is 1. The number of rotatable bonds is 3. The van der Waals surface area contributed by atoms with Crippen LogP contribution in [0.5, 0.6) is 0 Å². The Balaban J connectivity index is 4.46. The molecule has 72 valence electrons. The molecule has 4 nitrogen and oxygen atoms in total. The van der Waals surface area contributed by atoms with Crippen LogP contribution in [0.4, 0.5) is 0 Å². The maximum atomic E-state index is 10.9. The fourth-order valence-corrected chi connectivity index (χ4v) is 0.777. The number of ether oxygens (including phenoxy) is 2. The van der Waals surface area contributed by atoms with Crippen molar-refractivity contribution in [2.75, 3.05) is 7.11 Å². The fraction of sp³-hybridized carbons (Fsp3) is 0.875. The van der Waals surface area contributed by atoms with Crippen LogP contribution in [0, 0.1) is 0 Å². The lowest BCUT2D eigenvalue weighted by Gasteiger charge is -2.32. The predicted octanol–water partition coefficient (Wildman–Crippen LogP) is 0.649. The number of primary amides is 1. The molecule has 0 fully saturated rings. The molecule has 1 amide bonds. The van der Waals surface area contributed by atoms with Crippen LogP contribution in [-0.4, -0.2) is 24.4 Å². The molecule has 12 heavy (non-hydrogen) atoms. The van der Waals surface area contributed by atoms with E-state index >= 15 is 0 Å². The number of nitrogens with two attached hydrogens (primary N) is 1. The number of methoxy groups -OCH3 is 1. The van der Waals surface area contributed by atoms with Crippen molar-refractivity contribution in [3.05, 3.63) is 0 Å². The van der Waals surface area contributed by atoms with Gasteiger partial charge in [0.2, 0.25) is 5.79 Å². The molecular weight excluding hydrogens is 158 g/mol. The Morgan fingerprint density at radius 2 is 1.67 bits per heavy atom. The minimum atomic E-state index is -1.34. The molecule has 1 unspecified atom stereocenters. The summed E-state index contributed by atoms with van der Waals surface area (Å²) in [4.78, 5) is 10.9. The average Bonchev–Trinajstić information content (AvgIpc) is 1.83. The van der Waals surface area contributed by atoms with Crippen LogP contribution in [0.2, 0.25) is 0 Å². The largest absolute Gasteiger partial charge is 0.365 e. The van der Waals surface area contributed by atoms with Gasteiger partial charge >= 0.3 is 0 Å². The van der Waals surface area contributed by atoms with Crippen LogP contribution in [0.15, 0.2) is 0 Å². The minimum Gasteiger partial charge on any atom is -0.365 e. The molecule has 0 aromatic heterocycles. The van der Waals surface area contributed by atoms with Crippen LogP contribution < -0.4 is 5.73 Å². The maximum absolute atomic E-state index is 10.9. The Morgan fingerprint density at radius 1 is 1.25 bits per heavy atom. The van der Waals surface area contributed by atoms with E-state index < -0.39 is 17.3 Å². The molecule has 1 atom stereocenters. The van der Waals surface area contributed by atoms with Crippen molar-refractivity contribution < 1.29 is 14.3 Å². The molecule has 4 heteroatoms. The van der Waals surface area contributed by atoms with E-state index in [2.05, 4.69) is 0 Å². The van der Waals surface area contributed by atoms with Crippen LogP contribution in [-0.2, 0) is 14.3 Å². The first-order valence-corrected chi connectivity index (χ1v) is 3.76. The zero-order valence-electron chi connectivity index (χ0n) is 8.30. The van der Waals surface area contributed by atoms with E-state index in [-0.39, 0.29) is 0 Å². The van der Waals surface area contributed by atoms with Gasteiger partial charge in [0, 0.05) is 7.11 Å². The standard InChI is InChI=1S/C8H17NO3/c1-7(2,3)12-8(4,11-5)6(9)10/h1-5H3,(H2,9,10). The number of hydrogen-bond donors (Lipinski definition) is 1. The maximum Gasteiger partial charge on any atom is 0.277 e. The molecule has 0 bridgehead atoms. The third-order valence-corrected chi connectivity index (χ3v) is 1.34. The SMILES string of the molecule is COC(C)(OC(C)(C)C)C(N)=O. The normalized spacial score (nSPS) is 17.1. The average molecular weight is 175 g/mol. The summed E-state index contributed by atoms with van der Waals surface area (Å²) in [6, 6.07) is 0. The zero-order chi connectivity index (χ0) is 9.99. The van der Waals surface area contributed by atoms with Crippen molar-refractivity contribution in [2.24, 2.45) is 5.73 Å². The molecule has 0 rings (SSSR count). The molecule has 0 aromatic carbocycles. The van der Waals surface area contributed by atoms with Gasteiger partial charge in [-0.3, -0.25) is 4.79 Å². The molecule has 0 aromatic rings. The highest BCUT2D eigenvalue weighted by molar-refractivity contribution is 5.81. The van der Waals surface area contributed by atoms with Crippen molar-refractivity contribution in [3.63, 3.8) is 0 Å². The van der Waals surface area contributed by atoms with E-state index in [1.807, 2.05) is 20.8 Å². The van der Waals surface area contributed by atoms with Gasteiger partial charge in [-0.05, 0) is 27.7 Å². The molecule has 0 spiro atoms. The summed E-state index contributed by atoms with van der Waals surface area (Å²) in [5.74, 6) is -1.96. The van der Waals surface area contributed by atoms with Gasteiger partial charge < -0.3 is 15.2 Å². The van der Waals surface area contributed by atoms with E-state index in [0.717, 1.165) is 0 Å². The van der Waals surface area contributed by atoms with Crippen LogP contribution in [0.25, 0.3) is 0 Å². The lowest BCUT2D eigenvalue weighted by Crippen LogP contribution is -2.49. The number of carbonyl (C=O) groups is 1. The Kier molecular flexibility index (Phi) is 3.24. The van der Waals surface area contributed by atoms with E-state index in [0.29, 0.717) is 0 Å². The summed E-state index contributed by atoms with van der Waals surface area (Å²) in [6.07, 6.45) is 0. The molecule has 0 radical (unpaired) electrons. The summed E-state index contributed by atoms with van der Waals surface area (Å²) in [6.45, 7) is 6.98. The second-order valence-electron chi connectivity index (χ2n) is 3.73. The monoisotopic (exact) mass is 175 g/mol. The first-order chi connectivity index (χ1) is 5.21. The summed E-state index contributed by atoms with van der Waals surface area (Å²) < 4.78 is 10.2. The van der Waals surface area contributed by atoms with Crippen molar-refractivity contribution in [1.29, 1.82) is 0 Å². The quantitative estimate of drug-likeness (QED) is 0.640. The zero-order valence-corrected chi connectivity index (χ0v) is 8.30. The Hall–Kier alpha value is -0.610. The highest BCUT2D eigenvalue weighted by Gasteiger charge is 2.36. The third kappa shape index (κ3) is 3.19. The highest BCUT2D eigenvalue weighted by Crippen LogP contribution is 2.20. The summed E-state index contributed by atoms with van der Waals surface area (Å²) in [5.41, 5.74) is 4.64. The fourth-order valence-electron chi connectivity index (χ4n) is 0.777. The van der Waals surface area contributed by atoms with Gasteiger partial charge in [-0.2, -0.15) is 0 Å². The van der Waals surface area contributed by atoms with Crippen molar-refractivity contribution >= 4 is 5.91 Å².